The van der Waals surface area contributed by atoms with Gasteiger partial charge in [-0.25, -0.2) is 0 Å². The van der Waals surface area contributed by atoms with E-state index < -0.39 is 18.0 Å². The monoisotopic (exact) mass is 246 g/mol. The molecule has 2 atom stereocenters. The van der Waals surface area contributed by atoms with E-state index in [0.717, 1.165) is 19.4 Å². The number of carbonyl (C=O) groups is 2. The van der Waals surface area contributed by atoms with E-state index in [4.69, 9.17) is 15.9 Å². The van der Waals surface area contributed by atoms with E-state index in [2.05, 4.69) is 5.32 Å². The molecule has 1 rings (SSSR count). The minimum absolute atomic E-state index is 0.269. The number of hydrogen-bond acceptors (Lipinski definition) is 4. The predicted molar refractivity (Wildman–Crippen MR) is 63.7 cm³/mol. The van der Waals surface area contributed by atoms with Crippen LogP contribution in [0.4, 0.5) is 0 Å². The van der Waals surface area contributed by atoms with Gasteiger partial charge in [-0.3, -0.25) is 9.59 Å². The Morgan fingerprint density at radius 3 is 2.18 bits per heavy atom. The molecule has 100 valence electrons. The summed E-state index contributed by atoms with van der Waals surface area (Å²) in [5.41, 5.74) is 5.22. The molecule has 1 aliphatic heterocycles. The number of rotatable bonds is 4. The molecule has 1 saturated heterocycles. The lowest BCUT2D eigenvalue weighted by Crippen LogP contribution is -2.31. The highest BCUT2D eigenvalue weighted by molar-refractivity contribution is 5.73. The molecule has 0 unspecified atom stereocenters. The van der Waals surface area contributed by atoms with Gasteiger partial charge in [0.1, 0.15) is 12.1 Å². The number of carboxylic acids is 2. The first-order chi connectivity index (χ1) is 7.84. The van der Waals surface area contributed by atoms with Crippen LogP contribution in [0.2, 0.25) is 0 Å². The second-order valence-corrected chi connectivity index (χ2v) is 4.56. The maximum Gasteiger partial charge on any atom is 0.320 e. The Bertz CT molecular complexity index is 250. The van der Waals surface area contributed by atoms with Crippen molar-refractivity contribution < 1.29 is 19.8 Å². The van der Waals surface area contributed by atoms with Crippen LogP contribution in [0.3, 0.4) is 0 Å². The fraction of sp³-hybridized carbons (Fsp3) is 0.818. The van der Waals surface area contributed by atoms with E-state index in [1.165, 1.54) is 0 Å². The summed E-state index contributed by atoms with van der Waals surface area (Å²) in [6, 6.07) is -0.958. The molecule has 1 aliphatic rings. The number of nitrogens with two attached hydrogens (primary N) is 1. The van der Waals surface area contributed by atoms with Gasteiger partial charge in [0.2, 0.25) is 0 Å². The summed E-state index contributed by atoms with van der Waals surface area (Å²) in [6.07, 6.45) is 2.33. The average Bonchev–Trinajstić information content (AvgIpc) is 2.69. The zero-order chi connectivity index (χ0) is 13.4. The normalized spacial score (nSPS) is 20.6. The van der Waals surface area contributed by atoms with Gasteiger partial charge in [-0.2, -0.15) is 0 Å². The van der Waals surface area contributed by atoms with Crippen molar-refractivity contribution in [2.45, 2.75) is 45.2 Å². The summed E-state index contributed by atoms with van der Waals surface area (Å²) in [4.78, 5) is 20.2. The molecular formula is C11H22N2O4. The number of aliphatic carboxylic acids is 2. The van der Waals surface area contributed by atoms with E-state index in [1.54, 1.807) is 0 Å². The molecule has 0 spiro atoms. The van der Waals surface area contributed by atoms with Gasteiger partial charge in [0.05, 0.1) is 0 Å². The van der Waals surface area contributed by atoms with Crippen LogP contribution in [0.5, 0.6) is 0 Å². The van der Waals surface area contributed by atoms with Crippen molar-refractivity contribution in [1.29, 1.82) is 0 Å². The maximum absolute atomic E-state index is 10.1. The van der Waals surface area contributed by atoms with Crippen molar-refractivity contribution in [2.75, 3.05) is 6.54 Å². The van der Waals surface area contributed by atoms with Crippen molar-refractivity contribution in [3.05, 3.63) is 0 Å². The van der Waals surface area contributed by atoms with Gasteiger partial charge >= 0.3 is 11.9 Å². The number of carboxylic acid groups (broad SMARTS) is 2. The molecule has 0 radical (unpaired) electrons. The zero-order valence-corrected chi connectivity index (χ0v) is 10.3. The average molecular weight is 246 g/mol. The Morgan fingerprint density at radius 1 is 1.41 bits per heavy atom. The van der Waals surface area contributed by atoms with Crippen molar-refractivity contribution in [3.63, 3.8) is 0 Å². The molecule has 1 fully saturated rings. The summed E-state index contributed by atoms with van der Waals surface area (Å²) in [6.45, 7) is 4.75. The van der Waals surface area contributed by atoms with Gasteiger partial charge in [0.15, 0.2) is 0 Å². The van der Waals surface area contributed by atoms with Gasteiger partial charge in [-0.05, 0) is 31.7 Å². The highest BCUT2D eigenvalue weighted by Gasteiger charge is 2.20. The molecular weight excluding hydrogens is 224 g/mol. The minimum Gasteiger partial charge on any atom is -0.480 e. The Kier molecular flexibility index (Phi) is 7.49. The van der Waals surface area contributed by atoms with Crippen LogP contribution in [0.15, 0.2) is 0 Å². The molecule has 0 aromatic carbocycles. The minimum atomic E-state index is -0.913. The summed E-state index contributed by atoms with van der Waals surface area (Å²) in [7, 11) is 0. The second kappa shape index (κ2) is 8.03. The molecule has 0 aromatic heterocycles. The van der Waals surface area contributed by atoms with Crippen LogP contribution < -0.4 is 11.1 Å². The highest BCUT2D eigenvalue weighted by Crippen LogP contribution is 2.03. The lowest BCUT2D eigenvalue weighted by Gasteiger charge is -2.07. The number of hydrogen-bond donors (Lipinski definition) is 4. The van der Waals surface area contributed by atoms with Gasteiger partial charge < -0.3 is 21.3 Å². The van der Waals surface area contributed by atoms with E-state index in [-0.39, 0.29) is 6.04 Å². The van der Waals surface area contributed by atoms with Crippen molar-refractivity contribution in [3.8, 4) is 0 Å². The van der Waals surface area contributed by atoms with Crippen LogP contribution in [0.25, 0.3) is 0 Å². The lowest BCUT2D eigenvalue weighted by molar-refractivity contribution is -0.139. The van der Waals surface area contributed by atoms with E-state index >= 15 is 0 Å². The van der Waals surface area contributed by atoms with E-state index in [0.29, 0.717) is 12.3 Å². The third-order valence-corrected chi connectivity index (χ3v) is 2.40. The van der Waals surface area contributed by atoms with Crippen LogP contribution in [0, 0.1) is 5.92 Å². The Hall–Kier alpha value is -1.14. The van der Waals surface area contributed by atoms with Crippen LogP contribution in [-0.4, -0.2) is 40.8 Å². The second-order valence-electron chi connectivity index (χ2n) is 4.56. The lowest BCUT2D eigenvalue weighted by atomic mass is 10.1. The SMILES string of the molecule is CC(C)C[C@@H](N)C(=O)O.O=C(O)[C@H]1CCCN1. The zero-order valence-electron chi connectivity index (χ0n) is 10.3. The van der Waals surface area contributed by atoms with Crippen molar-refractivity contribution in [1.82, 2.24) is 5.32 Å². The third kappa shape index (κ3) is 7.70. The van der Waals surface area contributed by atoms with Gasteiger partial charge in [0.25, 0.3) is 0 Å². The van der Waals surface area contributed by atoms with Gasteiger partial charge in [0, 0.05) is 0 Å². The first-order valence-electron chi connectivity index (χ1n) is 5.79. The van der Waals surface area contributed by atoms with Gasteiger partial charge in [-0.1, -0.05) is 13.8 Å². The smallest absolute Gasteiger partial charge is 0.320 e. The Balaban J connectivity index is 0.000000302. The topological polar surface area (TPSA) is 113 Å². The first kappa shape index (κ1) is 15.9. The van der Waals surface area contributed by atoms with E-state index in [1.807, 2.05) is 13.8 Å². The molecule has 0 aromatic rings. The third-order valence-electron chi connectivity index (χ3n) is 2.40. The first-order valence-corrected chi connectivity index (χ1v) is 5.79. The van der Waals surface area contributed by atoms with Crippen molar-refractivity contribution in [2.24, 2.45) is 11.7 Å². The van der Waals surface area contributed by atoms with Crippen molar-refractivity contribution >= 4 is 11.9 Å². The molecule has 0 aliphatic carbocycles. The fourth-order valence-corrected chi connectivity index (χ4v) is 1.50. The van der Waals surface area contributed by atoms with E-state index in [9.17, 15) is 9.59 Å². The van der Waals surface area contributed by atoms with Crippen LogP contribution in [0.1, 0.15) is 33.1 Å². The molecule has 6 nitrogen and oxygen atoms in total. The molecule has 0 bridgehead atoms. The standard InChI is InChI=1S/C6H13NO2.C5H9NO2/c1-4(2)3-5(7)6(8)9;7-5(8)4-2-1-3-6-4/h4-5H,3,7H2,1-2H3,(H,8,9);4,6H,1-3H2,(H,7,8)/t5-;4-/m11/s1. The summed E-state index contributed by atoms with van der Waals surface area (Å²) in [5.74, 6) is -1.28. The summed E-state index contributed by atoms with van der Waals surface area (Å²) in [5, 5.41) is 19.5. The van der Waals surface area contributed by atoms with Gasteiger partial charge in [-0.15, -0.1) is 0 Å². The molecule has 0 saturated carbocycles. The number of nitrogens with one attached hydrogen (secondary N) is 1. The van der Waals surface area contributed by atoms with Crippen LogP contribution in [-0.2, 0) is 9.59 Å². The molecule has 0 amide bonds. The largest absolute Gasteiger partial charge is 0.480 e. The molecule has 5 N–H and O–H groups in total. The fourth-order valence-electron chi connectivity index (χ4n) is 1.50. The van der Waals surface area contributed by atoms with Crippen LogP contribution >= 0.6 is 0 Å². The predicted octanol–water partition coefficient (Wildman–Crippen LogP) is 0.267. The highest BCUT2D eigenvalue weighted by atomic mass is 16.4. The maximum atomic E-state index is 10.1. The summed E-state index contributed by atoms with van der Waals surface area (Å²) < 4.78 is 0. The molecule has 17 heavy (non-hydrogen) atoms. The Morgan fingerprint density at radius 2 is 2.00 bits per heavy atom. The molecule has 6 heteroatoms. The summed E-state index contributed by atoms with van der Waals surface area (Å²) >= 11 is 0. The molecule has 1 heterocycles. The quantitative estimate of drug-likeness (QED) is 0.566. The Labute approximate surface area is 101 Å².